The van der Waals surface area contributed by atoms with Crippen LogP contribution in [0.1, 0.15) is 25.3 Å². The summed E-state index contributed by atoms with van der Waals surface area (Å²) in [5.74, 6) is -2.54. The number of hydrogen-bond donors (Lipinski definition) is 2. The molecule has 2 rings (SSSR count). The van der Waals surface area contributed by atoms with E-state index in [-0.39, 0.29) is 5.54 Å². The third kappa shape index (κ3) is 2.56. The van der Waals surface area contributed by atoms with Crippen LogP contribution in [0.15, 0.2) is 28.7 Å². The maximum atomic E-state index is 11.8. The van der Waals surface area contributed by atoms with Gasteiger partial charge < -0.3 is 10.4 Å². The van der Waals surface area contributed by atoms with E-state index in [1.54, 1.807) is 0 Å². The second kappa shape index (κ2) is 4.72. The molecule has 0 saturated heterocycles. The van der Waals surface area contributed by atoms with Crippen molar-refractivity contribution >= 4 is 27.8 Å². The number of nitrogens with one attached hydrogen (secondary N) is 1. The average Bonchev–Trinajstić information content (AvgIpc) is 3.09. The van der Waals surface area contributed by atoms with Crippen LogP contribution < -0.4 is 5.32 Å². The van der Waals surface area contributed by atoms with Gasteiger partial charge in [-0.3, -0.25) is 9.59 Å². The molecule has 0 aliphatic heterocycles. The normalized spacial score (nSPS) is 17.9. The van der Waals surface area contributed by atoms with E-state index in [2.05, 4.69) is 21.2 Å². The van der Waals surface area contributed by atoms with Gasteiger partial charge in [-0.1, -0.05) is 28.1 Å². The van der Waals surface area contributed by atoms with Crippen molar-refractivity contribution < 1.29 is 14.7 Å². The van der Waals surface area contributed by atoms with Gasteiger partial charge in [-0.15, -0.1) is 0 Å². The summed E-state index contributed by atoms with van der Waals surface area (Å²) in [6.45, 7) is 1.40. The molecule has 1 amide bonds. The lowest BCUT2D eigenvalue weighted by Crippen LogP contribution is -2.40. The smallest absolute Gasteiger partial charge is 0.315 e. The molecule has 18 heavy (non-hydrogen) atoms. The monoisotopic (exact) mass is 311 g/mol. The fourth-order valence-corrected chi connectivity index (χ4v) is 2.10. The standard InChI is InChI=1S/C13H14BrNO3/c1-8(12(17)18)11(16)15-13(6-7-13)9-2-4-10(14)5-3-9/h2-5,8H,6-7H2,1H3,(H,15,16)(H,17,18). The predicted molar refractivity (Wildman–Crippen MR) is 70.0 cm³/mol. The van der Waals surface area contributed by atoms with E-state index in [1.807, 2.05) is 24.3 Å². The number of hydrogen-bond acceptors (Lipinski definition) is 2. The van der Waals surface area contributed by atoms with Gasteiger partial charge in [0.15, 0.2) is 0 Å². The lowest BCUT2D eigenvalue weighted by Gasteiger charge is -2.19. The Morgan fingerprint density at radius 3 is 2.33 bits per heavy atom. The molecule has 0 spiro atoms. The van der Waals surface area contributed by atoms with Crippen LogP contribution in [0.3, 0.4) is 0 Å². The number of carboxylic acid groups (broad SMARTS) is 1. The molecule has 1 aliphatic rings. The molecule has 0 bridgehead atoms. The van der Waals surface area contributed by atoms with Crippen molar-refractivity contribution in [2.45, 2.75) is 25.3 Å². The summed E-state index contributed by atoms with van der Waals surface area (Å²) in [7, 11) is 0. The Bertz CT molecular complexity index is 480. The molecule has 4 nitrogen and oxygen atoms in total. The minimum Gasteiger partial charge on any atom is -0.481 e. The van der Waals surface area contributed by atoms with Crippen LogP contribution in [-0.2, 0) is 15.1 Å². The van der Waals surface area contributed by atoms with Gasteiger partial charge in [-0.25, -0.2) is 0 Å². The third-order valence-electron chi connectivity index (χ3n) is 3.27. The lowest BCUT2D eigenvalue weighted by molar-refractivity contribution is -0.146. The Morgan fingerprint density at radius 1 is 1.33 bits per heavy atom. The van der Waals surface area contributed by atoms with Crippen molar-refractivity contribution in [1.29, 1.82) is 0 Å². The molecule has 0 radical (unpaired) electrons. The molecular weight excluding hydrogens is 298 g/mol. The summed E-state index contributed by atoms with van der Waals surface area (Å²) < 4.78 is 0.979. The van der Waals surface area contributed by atoms with Crippen LogP contribution in [-0.4, -0.2) is 17.0 Å². The minimum absolute atomic E-state index is 0.360. The molecule has 96 valence electrons. The molecule has 1 aromatic carbocycles. The quantitative estimate of drug-likeness (QED) is 0.838. The molecule has 2 N–H and O–H groups in total. The number of rotatable bonds is 4. The highest BCUT2D eigenvalue weighted by atomic mass is 79.9. The van der Waals surface area contributed by atoms with Gasteiger partial charge in [0.05, 0.1) is 5.54 Å². The van der Waals surface area contributed by atoms with Gasteiger partial charge >= 0.3 is 5.97 Å². The van der Waals surface area contributed by atoms with Crippen LogP contribution in [0.25, 0.3) is 0 Å². The van der Waals surface area contributed by atoms with Crippen LogP contribution in [0, 0.1) is 5.92 Å². The minimum atomic E-state index is -1.10. The predicted octanol–water partition coefficient (Wildman–Crippen LogP) is 2.28. The molecule has 0 heterocycles. The number of halogens is 1. The molecule has 1 aromatic rings. The van der Waals surface area contributed by atoms with E-state index in [0.717, 1.165) is 22.9 Å². The van der Waals surface area contributed by atoms with Gasteiger partial charge in [0.2, 0.25) is 5.91 Å². The van der Waals surface area contributed by atoms with Crippen LogP contribution in [0.2, 0.25) is 0 Å². The molecular formula is C13H14BrNO3. The average molecular weight is 312 g/mol. The first-order valence-corrected chi connectivity index (χ1v) is 6.55. The summed E-state index contributed by atoms with van der Waals surface area (Å²) in [6, 6.07) is 7.73. The summed E-state index contributed by atoms with van der Waals surface area (Å²) in [4.78, 5) is 22.5. The Hall–Kier alpha value is -1.36. The highest BCUT2D eigenvalue weighted by Gasteiger charge is 2.46. The second-order valence-electron chi connectivity index (χ2n) is 4.64. The molecule has 0 aromatic heterocycles. The van der Waals surface area contributed by atoms with Crippen LogP contribution in [0.4, 0.5) is 0 Å². The number of aliphatic carboxylic acids is 1. The van der Waals surface area contributed by atoms with E-state index < -0.39 is 17.8 Å². The zero-order valence-corrected chi connectivity index (χ0v) is 11.5. The molecule has 5 heteroatoms. The third-order valence-corrected chi connectivity index (χ3v) is 3.80. The highest BCUT2D eigenvalue weighted by Crippen LogP contribution is 2.45. The van der Waals surface area contributed by atoms with Crippen LogP contribution >= 0.6 is 15.9 Å². The summed E-state index contributed by atoms with van der Waals surface area (Å²) in [5, 5.41) is 11.7. The van der Waals surface area contributed by atoms with Gasteiger partial charge in [0.1, 0.15) is 5.92 Å². The summed E-state index contributed by atoms with van der Waals surface area (Å²) in [5.41, 5.74) is 0.665. The number of carboxylic acids is 1. The number of benzene rings is 1. The largest absolute Gasteiger partial charge is 0.481 e. The van der Waals surface area contributed by atoms with E-state index >= 15 is 0 Å². The summed E-state index contributed by atoms with van der Waals surface area (Å²) in [6.07, 6.45) is 1.71. The topological polar surface area (TPSA) is 66.4 Å². The SMILES string of the molecule is CC(C(=O)O)C(=O)NC1(c2ccc(Br)cc2)CC1. The van der Waals surface area contributed by atoms with Crippen molar-refractivity contribution in [3.05, 3.63) is 34.3 Å². The zero-order chi connectivity index (χ0) is 13.3. The second-order valence-corrected chi connectivity index (χ2v) is 5.55. The van der Waals surface area contributed by atoms with Gasteiger partial charge in [0.25, 0.3) is 0 Å². The first-order chi connectivity index (χ1) is 8.44. The highest BCUT2D eigenvalue weighted by molar-refractivity contribution is 9.10. The lowest BCUT2D eigenvalue weighted by atomic mass is 10.0. The molecule has 1 atom stereocenters. The van der Waals surface area contributed by atoms with E-state index in [9.17, 15) is 9.59 Å². The fraction of sp³-hybridized carbons (Fsp3) is 0.385. The Labute approximate surface area is 114 Å². The van der Waals surface area contributed by atoms with Crippen molar-refractivity contribution in [1.82, 2.24) is 5.32 Å². The summed E-state index contributed by atoms with van der Waals surface area (Å²) >= 11 is 3.36. The fourth-order valence-electron chi connectivity index (χ4n) is 1.84. The first-order valence-electron chi connectivity index (χ1n) is 5.75. The van der Waals surface area contributed by atoms with Gasteiger partial charge in [0, 0.05) is 4.47 Å². The number of carbonyl (C=O) groups is 2. The molecule has 1 fully saturated rings. The van der Waals surface area contributed by atoms with Gasteiger partial charge in [-0.05, 0) is 37.5 Å². The molecule has 1 saturated carbocycles. The maximum absolute atomic E-state index is 11.8. The Balaban J connectivity index is 2.11. The van der Waals surface area contributed by atoms with E-state index in [4.69, 9.17) is 5.11 Å². The number of carbonyl (C=O) groups excluding carboxylic acids is 1. The van der Waals surface area contributed by atoms with Crippen molar-refractivity contribution in [2.75, 3.05) is 0 Å². The molecule has 1 aliphatic carbocycles. The zero-order valence-electron chi connectivity index (χ0n) is 9.94. The van der Waals surface area contributed by atoms with Crippen LogP contribution in [0.5, 0.6) is 0 Å². The Morgan fingerprint density at radius 2 is 1.89 bits per heavy atom. The molecule has 1 unspecified atom stereocenters. The van der Waals surface area contributed by atoms with Gasteiger partial charge in [-0.2, -0.15) is 0 Å². The first kappa shape index (κ1) is 13.1. The van der Waals surface area contributed by atoms with Crippen molar-refractivity contribution in [3.8, 4) is 0 Å². The van der Waals surface area contributed by atoms with E-state index in [1.165, 1.54) is 6.92 Å². The van der Waals surface area contributed by atoms with E-state index in [0.29, 0.717) is 0 Å². The van der Waals surface area contributed by atoms with Crippen molar-refractivity contribution in [2.24, 2.45) is 5.92 Å². The Kier molecular flexibility index (Phi) is 3.43. The number of amides is 1. The van der Waals surface area contributed by atoms with Crippen molar-refractivity contribution in [3.63, 3.8) is 0 Å². The maximum Gasteiger partial charge on any atom is 0.315 e.